The van der Waals surface area contributed by atoms with Crippen LogP contribution in [0.1, 0.15) is 18.2 Å². The van der Waals surface area contributed by atoms with Crippen LogP contribution in [0.3, 0.4) is 0 Å². The van der Waals surface area contributed by atoms with Crippen molar-refractivity contribution in [1.82, 2.24) is 14.1 Å². The largest absolute Gasteiger partial charge is 0.381 e. The molecule has 0 bridgehead atoms. The van der Waals surface area contributed by atoms with Gasteiger partial charge in [0.15, 0.2) is 5.82 Å². The molecular formula is C13H20N4O2S2. The lowest BCUT2D eigenvalue weighted by atomic mass is 10.3. The number of aryl methyl sites for hydroxylation is 1. The first-order valence-electron chi connectivity index (χ1n) is 6.76. The number of hydrogen-bond acceptors (Lipinski definition) is 5. The highest BCUT2D eigenvalue weighted by Crippen LogP contribution is 2.21. The zero-order valence-corrected chi connectivity index (χ0v) is 13.8. The molecule has 0 saturated heterocycles. The second-order valence-corrected chi connectivity index (χ2v) is 7.84. The maximum atomic E-state index is 12.5. The maximum Gasteiger partial charge on any atom is 0.248 e. The van der Waals surface area contributed by atoms with Crippen molar-refractivity contribution in [2.75, 3.05) is 19.3 Å². The van der Waals surface area contributed by atoms with Gasteiger partial charge < -0.3 is 5.73 Å². The van der Waals surface area contributed by atoms with Gasteiger partial charge in [-0.2, -0.15) is 5.10 Å². The fraction of sp³-hybridized carbons (Fsp3) is 0.462. The maximum absolute atomic E-state index is 12.5. The van der Waals surface area contributed by atoms with E-state index in [0.717, 1.165) is 11.3 Å². The fourth-order valence-corrected chi connectivity index (χ4v) is 3.90. The third-order valence-electron chi connectivity index (χ3n) is 3.15. The molecule has 0 radical (unpaired) electrons. The Labute approximate surface area is 129 Å². The van der Waals surface area contributed by atoms with Crippen molar-refractivity contribution in [2.45, 2.75) is 31.2 Å². The number of hydrogen-bond donors (Lipinski definition) is 1. The summed E-state index contributed by atoms with van der Waals surface area (Å²) >= 11 is 1.62. The molecule has 0 aliphatic heterocycles. The number of nitrogens with two attached hydrogens (primary N) is 1. The van der Waals surface area contributed by atoms with Crippen LogP contribution in [-0.4, -0.2) is 36.1 Å². The van der Waals surface area contributed by atoms with E-state index in [1.54, 1.807) is 23.1 Å². The summed E-state index contributed by atoms with van der Waals surface area (Å²) in [5.74, 6) is 0.0615. The monoisotopic (exact) mass is 328 g/mol. The predicted molar refractivity (Wildman–Crippen MR) is 84.8 cm³/mol. The summed E-state index contributed by atoms with van der Waals surface area (Å²) in [6.45, 7) is 3.07. The average molecular weight is 328 g/mol. The van der Waals surface area contributed by atoms with Crippen LogP contribution in [0, 0.1) is 0 Å². The summed E-state index contributed by atoms with van der Waals surface area (Å²) in [4.78, 5) is 1.25. The lowest BCUT2D eigenvalue weighted by Gasteiger charge is -2.15. The molecule has 0 amide bonds. The van der Waals surface area contributed by atoms with Gasteiger partial charge in [0.05, 0.1) is 0 Å². The van der Waals surface area contributed by atoms with E-state index < -0.39 is 10.0 Å². The van der Waals surface area contributed by atoms with Gasteiger partial charge in [-0.05, 0) is 24.3 Å². The predicted octanol–water partition coefficient (Wildman–Crippen LogP) is 1.80. The number of rotatable bonds is 7. The number of sulfonamides is 1. The van der Waals surface area contributed by atoms with Crippen LogP contribution in [0.4, 0.5) is 5.82 Å². The van der Waals surface area contributed by atoms with Gasteiger partial charge in [-0.3, -0.25) is 4.68 Å². The summed E-state index contributed by atoms with van der Waals surface area (Å²) in [6, 6.07) is 3.96. The zero-order valence-electron chi connectivity index (χ0n) is 12.2. The zero-order chi connectivity index (χ0) is 15.5. The summed E-state index contributed by atoms with van der Waals surface area (Å²) in [7, 11) is -2.02. The Hall–Kier alpha value is -1.38. The van der Waals surface area contributed by atoms with Gasteiger partial charge in [-0.25, -0.2) is 12.7 Å². The number of nitrogen functional groups attached to an aromatic ring is 1. The third-order valence-corrected chi connectivity index (χ3v) is 5.96. The lowest BCUT2D eigenvalue weighted by molar-refractivity contribution is 0.473. The van der Waals surface area contributed by atoms with Crippen molar-refractivity contribution in [1.29, 1.82) is 0 Å². The van der Waals surface area contributed by atoms with Gasteiger partial charge in [0.1, 0.15) is 4.90 Å². The molecule has 8 heteroatoms. The Kier molecular flexibility index (Phi) is 5.02. The van der Waals surface area contributed by atoms with Crippen molar-refractivity contribution >= 4 is 27.2 Å². The molecule has 0 saturated carbocycles. The molecule has 2 N–H and O–H groups in total. The number of aromatic nitrogens is 2. The molecule has 0 aliphatic carbocycles. The molecule has 0 atom stereocenters. The molecule has 116 valence electrons. The number of likely N-dealkylation sites (N-methyl/N-ethyl adjacent to an activating group) is 1. The van der Waals surface area contributed by atoms with Crippen molar-refractivity contribution in [3.63, 3.8) is 0 Å². The van der Waals surface area contributed by atoms with Crippen LogP contribution >= 0.6 is 11.3 Å². The highest BCUT2D eigenvalue weighted by Gasteiger charge is 2.25. The quantitative estimate of drug-likeness (QED) is 0.840. The molecule has 2 rings (SSSR count). The normalized spacial score (nSPS) is 12.1. The Morgan fingerprint density at radius 3 is 2.86 bits per heavy atom. The van der Waals surface area contributed by atoms with Crippen LogP contribution in [0.5, 0.6) is 0 Å². The van der Waals surface area contributed by atoms with Crippen LogP contribution < -0.4 is 5.73 Å². The molecular weight excluding hydrogens is 308 g/mol. The molecule has 0 spiro atoms. The fourth-order valence-electron chi connectivity index (χ4n) is 1.97. The second kappa shape index (κ2) is 6.59. The smallest absolute Gasteiger partial charge is 0.248 e. The molecule has 2 heterocycles. The van der Waals surface area contributed by atoms with Gasteiger partial charge in [0.2, 0.25) is 10.0 Å². The van der Waals surface area contributed by atoms with Gasteiger partial charge in [-0.15, -0.1) is 11.3 Å². The Morgan fingerprint density at radius 1 is 1.48 bits per heavy atom. The first kappa shape index (κ1) is 16.0. The van der Waals surface area contributed by atoms with Gasteiger partial charge in [-0.1, -0.05) is 13.0 Å². The first-order valence-corrected chi connectivity index (χ1v) is 9.08. The van der Waals surface area contributed by atoms with E-state index in [2.05, 4.69) is 5.10 Å². The number of thiophene rings is 1. The first-order chi connectivity index (χ1) is 9.95. The molecule has 6 nitrogen and oxygen atoms in total. The molecule has 2 aromatic heterocycles. The molecule has 2 aromatic rings. The van der Waals surface area contributed by atoms with Crippen molar-refractivity contribution in [3.8, 4) is 0 Å². The standard InChI is InChI=1S/C13H20N4O2S2/c1-3-7-17-10-12(13(14)15-17)21(18,19)16(2)8-6-11-5-4-9-20-11/h4-5,9-10H,3,6-8H2,1-2H3,(H2,14,15). The van der Waals surface area contributed by atoms with Crippen LogP contribution in [-0.2, 0) is 23.0 Å². The minimum absolute atomic E-state index is 0.0615. The molecule has 21 heavy (non-hydrogen) atoms. The summed E-state index contributed by atoms with van der Waals surface area (Å²) in [6.07, 6.45) is 3.07. The van der Waals surface area contributed by atoms with E-state index in [-0.39, 0.29) is 10.7 Å². The van der Waals surface area contributed by atoms with Crippen molar-refractivity contribution in [3.05, 3.63) is 28.6 Å². The number of nitrogens with zero attached hydrogens (tertiary/aromatic N) is 3. The SMILES string of the molecule is CCCn1cc(S(=O)(=O)N(C)CCc2cccs2)c(N)n1. The highest BCUT2D eigenvalue weighted by molar-refractivity contribution is 7.89. The van der Waals surface area contributed by atoms with E-state index in [9.17, 15) is 8.42 Å². The second-order valence-electron chi connectivity index (χ2n) is 4.80. The molecule has 0 unspecified atom stereocenters. The Bertz CT molecular complexity index is 677. The summed E-state index contributed by atoms with van der Waals surface area (Å²) < 4.78 is 28.0. The van der Waals surface area contributed by atoms with Crippen LogP contribution in [0.15, 0.2) is 28.6 Å². The van der Waals surface area contributed by atoms with Crippen molar-refractivity contribution < 1.29 is 8.42 Å². The summed E-state index contributed by atoms with van der Waals surface area (Å²) in [5.41, 5.74) is 5.75. The van der Waals surface area contributed by atoms with Crippen LogP contribution in [0.2, 0.25) is 0 Å². The van der Waals surface area contributed by atoms with E-state index in [1.807, 2.05) is 24.4 Å². The Balaban J connectivity index is 2.12. The van der Waals surface area contributed by atoms with Gasteiger partial charge >= 0.3 is 0 Å². The Morgan fingerprint density at radius 2 is 2.24 bits per heavy atom. The van der Waals surface area contributed by atoms with E-state index in [4.69, 9.17) is 5.73 Å². The topological polar surface area (TPSA) is 81.2 Å². The van der Waals surface area contributed by atoms with Crippen LogP contribution in [0.25, 0.3) is 0 Å². The van der Waals surface area contributed by atoms with E-state index >= 15 is 0 Å². The van der Waals surface area contributed by atoms with E-state index in [1.165, 1.54) is 10.5 Å². The average Bonchev–Trinajstić information content (AvgIpc) is 3.06. The van der Waals surface area contributed by atoms with Crippen molar-refractivity contribution in [2.24, 2.45) is 0 Å². The highest BCUT2D eigenvalue weighted by atomic mass is 32.2. The minimum atomic E-state index is -3.59. The van der Waals surface area contributed by atoms with E-state index in [0.29, 0.717) is 19.5 Å². The minimum Gasteiger partial charge on any atom is -0.381 e. The van der Waals surface area contributed by atoms with Gasteiger partial charge in [0.25, 0.3) is 0 Å². The molecule has 0 aliphatic rings. The summed E-state index contributed by atoms with van der Waals surface area (Å²) in [5, 5.41) is 6.03. The molecule has 0 aromatic carbocycles. The lowest BCUT2D eigenvalue weighted by Crippen LogP contribution is -2.29. The third kappa shape index (κ3) is 3.63. The van der Waals surface area contributed by atoms with Gasteiger partial charge in [0, 0.05) is 31.2 Å². The number of anilines is 1. The molecule has 0 fully saturated rings.